The molecular weight excluding hydrogens is 474 g/mol. The van der Waals surface area contributed by atoms with E-state index in [1.165, 1.54) is 61.9 Å². The van der Waals surface area contributed by atoms with Crippen LogP contribution in [0.1, 0.15) is 5.56 Å². The van der Waals surface area contributed by atoms with Crippen molar-refractivity contribution in [2.24, 2.45) is 5.10 Å². The van der Waals surface area contributed by atoms with Crippen molar-refractivity contribution in [1.82, 2.24) is 0 Å². The fourth-order valence-electron chi connectivity index (χ4n) is 2.71. The molecule has 3 aromatic rings. The van der Waals surface area contributed by atoms with Gasteiger partial charge in [0.2, 0.25) is 0 Å². The standard InChI is InChI=1S/C21H18F2N4O6S/c1-32-16-8-4-15(5-9-16)26-34(30,31)18-10-11-19(20(12-18)27(28)29)25-24-13-14-2-6-17(7-3-14)33-21(22)23/h2-13,21,25-26H,1H3/b24-13+. The van der Waals surface area contributed by atoms with Crippen LogP contribution < -0.4 is 19.6 Å². The number of nitrogens with one attached hydrogen (secondary N) is 2. The number of rotatable bonds is 10. The van der Waals surface area contributed by atoms with Gasteiger partial charge in [0.1, 0.15) is 17.2 Å². The minimum absolute atomic E-state index is 0.0317. The lowest BCUT2D eigenvalue weighted by molar-refractivity contribution is -0.384. The molecule has 10 nitrogen and oxygen atoms in total. The largest absolute Gasteiger partial charge is 0.497 e. The van der Waals surface area contributed by atoms with E-state index in [-0.39, 0.29) is 22.0 Å². The molecule has 13 heteroatoms. The van der Waals surface area contributed by atoms with Gasteiger partial charge in [0.25, 0.3) is 15.7 Å². The maximum Gasteiger partial charge on any atom is 0.387 e. The van der Waals surface area contributed by atoms with Gasteiger partial charge in [-0.25, -0.2) is 8.42 Å². The summed E-state index contributed by atoms with van der Waals surface area (Å²) in [6.07, 6.45) is 1.30. The van der Waals surface area contributed by atoms with Crippen molar-refractivity contribution in [2.75, 3.05) is 17.3 Å². The Morgan fingerprint density at radius 3 is 2.26 bits per heavy atom. The summed E-state index contributed by atoms with van der Waals surface area (Å²) >= 11 is 0. The number of halogens is 2. The second-order valence-corrected chi connectivity index (χ2v) is 8.27. The van der Waals surface area contributed by atoms with Crippen LogP contribution in [0.25, 0.3) is 0 Å². The molecule has 0 spiro atoms. The second kappa shape index (κ2) is 10.6. The highest BCUT2D eigenvalue weighted by molar-refractivity contribution is 7.92. The number of sulfonamides is 1. The smallest absolute Gasteiger partial charge is 0.387 e. The minimum Gasteiger partial charge on any atom is -0.497 e. The Morgan fingerprint density at radius 2 is 1.68 bits per heavy atom. The summed E-state index contributed by atoms with van der Waals surface area (Å²) in [5.74, 6) is 0.503. The molecule has 0 fully saturated rings. The third kappa shape index (κ3) is 6.38. The number of benzene rings is 3. The summed E-state index contributed by atoms with van der Waals surface area (Å²) in [6.45, 7) is -2.94. The van der Waals surface area contributed by atoms with E-state index in [1.54, 1.807) is 12.1 Å². The van der Waals surface area contributed by atoms with Gasteiger partial charge >= 0.3 is 6.61 Å². The number of nitro groups is 1. The maximum atomic E-state index is 12.7. The zero-order chi connectivity index (χ0) is 24.7. The van der Waals surface area contributed by atoms with Crippen LogP contribution in [0.15, 0.2) is 76.7 Å². The highest BCUT2D eigenvalue weighted by Gasteiger charge is 2.21. The van der Waals surface area contributed by atoms with Gasteiger partial charge in [0.15, 0.2) is 0 Å². The highest BCUT2D eigenvalue weighted by Crippen LogP contribution is 2.29. The Morgan fingerprint density at radius 1 is 1.03 bits per heavy atom. The summed E-state index contributed by atoms with van der Waals surface area (Å²) in [4.78, 5) is 10.4. The Labute approximate surface area is 193 Å². The molecule has 3 rings (SSSR count). The Hall–Kier alpha value is -4.26. The van der Waals surface area contributed by atoms with Gasteiger partial charge < -0.3 is 9.47 Å². The Bertz CT molecular complexity index is 1280. The summed E-state index contributed by atoms with van der Waals surface area (Å²) in [5, 5.41) is 15.4. The molecular formula is C21H18F2N4O6S. The molecule has 0 saturated heterocycles. The van der Waals surface area contributed by atoms with Crippen LogP contribution in [0.2, 0.25) is 0 Å². The molecule has 0 radical (unpaired) electrons. The van der Waals surface area contributed by atoms with E-state index >= 15 is 0 Å². The van der Waals surface area contributed by atoms with E-state index in [2.05, 4.69) is 20.0 Å². The molecule has 3 aromatic carbocycles. The first-order valence-corrected chi connectivity index (χ1v) is 11.0. The third-order valence-corrected chi connectivity index (χ3v) is 5.70. The second-order valence-electron chi connectivity index (χ2n) is 6.59. The Kier molecular flexibility index (Phi) is 7.58. The number of nitrogens with zero attached hydrogens (tertiary/aromatic N) is 2. The molecule has 2 N–H and O–H groups in total. The molecule has 0 aliphatic rings. The predicted molar refractivity (Wildman–Crippen MR) is 121 cm³/mol. The summed E-state index contributed by atoms with van der Waals surface area (Å²) in [7, 11) is -2.64. The van der Waals surface area contributed by atoms with E-state index in [0.29, 0.717) is 11.3 Å². The fourth-order valence-corrected chi connectivity index (χ4v) is 3.79. The van der Waals surface area contributed by atoms with Gasteiger partial charge in [-0.15, -0.1) is 0 Å². The monoisotopic (exact) mass is 492 g/mol. The first kappa shape index (κ1) is 24.4. The molecule has 0 saturated carbocycles. The van der Waals surface area contributed by atoms with Crippen molar-refractivity contribution in [3.8, 4) is 11.5 Å². The van der Waals surface area contributed by atoms with E-state index in [0.717, 1.165) is 6.07 Å². The fraction of sp³-hybridized carbons (Fsp3) is 0.0952. The average Bonchev–Trinajstić information content (AvgIpc) is 2.80. The van der Waals surface area contributed by atoms with Gasteiger partial charge in [0, 0.05) is 11.8 Å². The van der Waals surface area contributed by atoms with Crippen molar-refractivity contribution < 1.29 is 31.6 Å². The number of methoxy groups -OCH3 is 1. The summed E-state index contributed by atoms with van der Waals surface area (Å²) < 4.78 is 61.3. The molecule has 178 valence electrons. The summed E-state index contributed by atoms with van der Waals surface area (Å²) in [6, 6.07) is 14.9. The van der Waals surface area contributed by atoms with Crippen LogP contribution in [0.3, 0.4) is 0 Å². The molecule has 0 aromatic heterocycles. The van der Waals surface area contributed by atoms with Crippen molar-refractivity contribution in [3.63, 3.8) is 0 Å². The minimum atomic E-state index is -4.11. The number of hydrogen-bond acceptors (Lipinski definition) is 8. The lowest BCUT2D eigenvalue weighted by Crippen LogP contribution is -2.13. The number of hydrogen-bond donors (Lipinski definition) is 2. The summed E-state index contributed by atoms with van der Waals surface area (Å²) in [5.41, 5.74) is 2.66. The molecule has 0 heterocycles. The van der Waals surface area contributed by atoms with E-state index in [1.807, 2.05) is 0 Å². The van der Waals surface area contributed by atoms with E-state index < -0.39 is 27.2 Å². The topological polar surface area (TPSA) is 132 Å². The van der Waals surface area contributed by atoms with Crippen LogP contribution >= 0.6 is 0 Å². The Balaban J connectivity index is 1.75. The molecule has 0 aliphatic heterocycles. The van der Waals surface area contributed by atoms with Crippen molar-refractivity contribution >= 4 is 33.3 Å². The molecule has 0 bridgehead atoms. The van der Waals surface area contributed by atoms with Crippen LogP contribution in [0.4, 0.5) is 25.8 Å². The SMILES string of the molecule is COc1ccc(NS(=O)(=O)c2ccc(N/N=C/c3ccc(OC(F)F)cc3)c([N+](=O)[O-])c2)cc1. The average molecular weight is 492 g/mol. The van der Waals surface area contributed by atoms with Crippen molar-refractivity contribution in [1.29, 1.82) is 0 Å². The maximum absolute atomic E-state index is 12.7. The van der Waals surface area contributed by atoms with Gasteiger partial charge in [0.05, 0.1) is 23.1 Å². The van der Waals surface area contributed by atoms with Crippen LogP contribution in [-0.2, 0) is 10.0 Å². The molecule has 0 unspecified atom stereocenters. The van der Waals surface area contributed by atoms with Crippen molar-refractivity contribution in [2.45, 2.75) is 11.5 Å². The lowest BCUT2D eigenvalue weighted by atomic mass is 10.2. The van der Waals surface area contributed by atoms with Crippen LogP contribution in [0, 0.1) is 10.1 Å². The quantitative estimate of drug-likeness (QED) is 0.243. The number of hydrazone groups is 1. The van der Waals surface area contributed by atoms with Crippen LogP contribution in [-0.4, -0.2) is 33.3 Å². The predicted octanol–water partition coefficient (Wildman–Crippen LogP) is 4.45. The zero-order valence-corrected chi connectivity index (χ0v) is 18.3. The molecule has 0 atom stereocenters. The molecule has 0 aliphatic carbocycles. The zero-order valence-electron chi connectivity index (χ0n) is 17.5. The van der Waals surface area contributed by atoms with Gasteiger partial charge in [-0.3, -0.25) is 20.3 Å². The third-order valence-electron chi connectivity index (χ3n) is 4.32. The van der Waals surface area contributed by atoms with Gasteiger partial charge in [-0.2, -0.15) is 13.9 Å². The van der Waals surface area contributed by atoms with Gasteiger partial charge in [-0.1, -0.05) is 0 Å². The first-order chi connectivity index (χ1) is 16.2. The van der Waals surface area contributed by atoms with Gasteiger partial charge in [-0.05, 0) is 66.2 Å². The van der Waals surface area contributed by atoms with E-state index in [9.17, 15) is 27.3 Å². The molecule has 34 heavy (non-hydrogen) atoms. The first-order valence-electron chi connectivity index (χ1n) is 9.47. The normalized spacial score (nSPS) is 11.4. The number of alkyl halides is 2. The number of ether oxygens (including phenoxy) is 2. The number of nitro benzene ring substituents is 1. The van der Waals surface area contributed by atoms with E-state index in [4.69, 9.17) is 4.74 Å². The van der Waals surface area contributed by atoms with Crippen molar-refractivity contribution in [3.05, 3.63) is 82.4 Å². The molecule has 0 amide bonds. The lowest BCUT2D eigenvalue weighted by Gasteiger charge is -2.10. The number of anilines is 2. The van der Waals surface area contributed by atoms with Crippen LogP contribution in [0.5, 0.6) is 11.5 Å². The highest BCUT2D eigenvalue weighted by atomic mass is 32.2.